The van der Waals surface area contributed by atoms with Crippen molar-refractivity contribution in [3.8, 4) is 0 Å². The van der Waals surface area contributed by atoms with Gasteiger partial charge in [0.2, 0.25) is 0 Å². The van der Waals surface area contributed by atoms with Gasteiger partial charge in [-0.15, -0.1) is 0 Å². The fraction of sp³-hybridized carbons (Fsp3) is 0.667. The number of likely N-dealkylation sites (N-methyl/N-ethyl adjacent to an activating group) is 1. The summed E-state index contributed by atoms with van der Waals surface area (Å²) in [6.07, 6.45) is -0.680. The van der Waals surface area contributed by atoms with Crippen LogP contribution < -0.4 is 11.2 Å². The topological polar surface area (TPSA) is 108 Å². The molecule has 2 aliphatic rings. The van der Waals surface area contributed by atoms with E-state index < -0.39 is 23.6 Å². The molecule has 3 heterocycles. The van der Waals surface area contributed by atoms with Crippen molar-refractivity contribution < 1.29 is 14.9 Å². The molecular weight excluding hydrogens is 266 g/mol. The number of rotatable bonds is 2. The third-order valence-corrected chi connectivity index (χ3v) is 4.25. The Morgan fingerprint density at radius 1 is 1.45 bits per heavy atom. The number of H-pyrrole nitrogens is 1. The van der Waals surface area contributed by atoms with Crippen LogP contribution in [0.4, 0.5) is 0 Å². The van der Waals surface area contributed by atoms with Crippen LogP contribution in [0.25, 0.3) is 0 Å². The van der Waals surface area contributed by atoms with E-state index in [1.807, 2.05) is 4.90 Å². The van der Waals surface area contributed by atoms with E-state index >= 15 is 0 Å². The fourth-order valence-corrected chi connectivity index (χ4v) is 3.07. The van der Waals surface area contributed by atoms with E-state index in [2.05, 4.69) is 4.98 Å². The van der Waals surface area contributed by atoms with Crippen LogP contribution in [0.1, 0.15) is 11.8 Å². The number of aliphatic hydroxyl groups excluding tert-OH is 2. The average Bonchev–Trinajstić information content (AvgIpc) is 2.67. The number of nitrogens with one attached hydrogen (secondary N) is 1. The molecule has 1 aromatic rings. The summed E-state index contributed by atoms with van der Waals surface area (Å²) in [6, 6.07) is -0.435. The highest BCUT2D eigenvalue weighted by Crippen LogP contribution is 2.41. The number of aromatic amines is 1. The normalized spacial score (nSPS) is 36.7. The van der Waals surface area contributed by atoms with Crippen molar-refractivity contribution in [2.75, 3.05) is 13.7 Å². The van der Waals surface area contributed by atoms with Gasteiger partial charge in [-0.3, -0.25) is 19.2 Å². The SMILES string of the molecule is Cc1cn(C2OC3C(CO)N(C)C3C2O)c(=O)[nH]c1=O. The number of nitrogens with zero attached hydrogens (tertiary/aromatic N) is 2. The van der Waals surface area contributed by atoms with Crippen LogP contribution in [0.3, 0.4) is 0 Å². The zero-order valence-electron chi connectivity index (χ0n) is 11.2. The molecule has 20 heavy (non-hydrogen) atoms. The predicted molar refractivity (Wildman–Crippen MR) is 68.4 cm³/mol. The van der Waals surface area contributed by atoms with Crippen molar-refractivity contribution in [2.24, 2.45) is 0 Å². The molecule has 8 heteroatoms. The largest absolute Gasteiger partial charge is 0.395 e. The summed E-state index contributed by atoms with van der Waals surface area (Å²) in [5.41, 5.74) is -0.701. The summed E-state index contributed by atoms with van der Waals surface area (Å²) in [5.74, 6) is 0. The Morgan fingerprint density at radius 2 is 2.15 bits per heavy atom. The Hall–Kier alpha value is -1.48. The lowest BCUT2D eigenvalue weighted by molar-refractivity contribution is -0.125. The minimum absolute atomic E-state index is 0.0728. The molecule has 3 rings (SSSR count). The molecule has 0 aromatic carbocycles. The average molecular weight is 283 g/mol. The van der Waals surface area contributed by atoms with Crippen molar-refractivity contribution in [3.05, 3.63) is 32.6 Å². The number of aliphatic hydroxyl groups is 2. The standard InChI is InChI=1S/C12H17N3O5/c1-5-3-15(12(19)13-10(5)18)11-8(17)7-9(20-11)6(4-16)14(7)2/h3,6-9,11,16-17H,4H2,1-2H3,(H,13,18,19). The molecule has 2 saturated heterocycles. The lowest BCUT2D eigenvalue weighted by Gasteiger charge is -2.48. The summed E-state index contributed by atoms with van der Waals surface area (Å²) in [7, 11) is 1.79. The maximum absolute atomic E-state index is 11.8. The second-order valence-electron chi connectivity index (χ2n) is 5.37. The van der Waals surface area contributed by atoms with Crippen molar-refractivity contribution in [1.29, 1.82) is 0 Å². The number of aromatic nitrogens is 2. The van der Waals surface area contributed by atoms with Gasteiger partial charge in [0, 0.05) is 11.8 Å². The first-order valence-electron chi connectivity index (χ1n) is 6.44. The molecule has 5 atom stereocenters. The summed E-state index contributed by atoms with van der Waals surface area (Å²) in [4.78, 5) is 27.2. The third kappa shape index (κ3) is 1.69. The van der Waals surface area contributed by atoms with Crippen LogP contribution in [-0.4, -0.2) is 62.6 Å². The highest BCUT2D eigenvalue weighted by atomic mass is 16.5. The Bertz CT molecular complexity index is 639. The van der Waals surface area contributed by atoms with Crippen LogP contribution >= 0.6 is 0 Å². The van der Waals surface area contributed by atoms with Crippen LogP contribution in [0.5, 0.6) is 0 Å². The minimum Gasteiger partial charge on any atom is -0.395 e. The quantitative estimate of drug-likeness (QED) is 0.567. The van der Waals surface area contributed by atoms with Gasteiger partial charge in [-0.1, -0.05) is 0 Å². The second-order valence-corrected chi connectivity index (χ2v) is 5.37. The van der Waals surface area contributed by atoms with Crippen molar-refractivity contribution in [3.63, 3.8) is 0 Å². The van der Waals surface area contributed by atoms with E-state index in [1.165, 1.54) is 10.8 Å². The highest BCUT2D eigenvalue weighted by Gasteiger charge is 2.58. The molecule has 1 aromatic heterocycles. The Morgan fingerprint density at radius 3 is 2.80 bits per heavy atom. The Kier molecular flexibility index (Phi) is 3.05. The summed E-state index contributed by atoms with van der Waals surface area (Å²) >= 11 is 0. The van der Waals surface area contributed by atoms with Gasteiger partial charge in [0.25, 0.3) is 5.56 Å². The van der Waals surface area contributed by atoms with Gasteiger partial charge in [-0.2, -0.15) is 0 Å². The van der Waals surface area contributed by atoms with Crippen LogP contribution in [0.15, 0.2) is 15.8 Å². The fourth-order valence-electron chi connectivity index (χ4n) is 3.07. The summed E-state index contributed by atoms with van der Waals surface area (Å²) in [5, 5.41) is 19.6. The molecular formula is C12H17N3O5. The number of aryl methyl sites for hydroxylation is 1. The van der Waals surface area contributed by atoms with Crippen LogP contribution in [0, 0.1) is 6.92 Å². The van der Waals surface area contributed by atoms with E-state index in [0.717, 1.165) is 0 Å². The van der Waals surface area contributed by atoms with Crippen molar-refractivity contribution in [2.45, 2.75) is 37.4 Å². The van der Waals surface area contributed by atoms with Crippen molar-refractivity contribution in [1.82, 2.24) is 14.5 Å². The smallest absolute Gasteiger partial charge is 0.330 e. The van der Waals surface area contributed by atoms with Crippen LogP contribution in [0.2, 0.25) is 0 Å². The molecule has 5 unspecified atom stereocenters. The Balaban J connectivity index is 1.95. The van der Waals surface area contributed by atoms with Gasteiger partial charge in [0.1, 0.15) is 6.10 Å². The van der Waals surface area contributed by atoms with Crippen molar-refractivity contribution >= 4 is 0 Å². The van der Waals surface area contributed by atoms with Gasteiger partial charge < -0.3 is 14.9 Å². The van der Waals surface area contributed by atoms with E-state index in [9.17, 15) is 19.8 Å². The molecule has 2 fully saturated rings. The lowest BCUT2D eigenvalue weighted by atomic mass is 9.88. The minimum atomic E-state index is -0.893. The molecule has 2 aliphatic heterocycles. The molecule has 0 radical (unpaired) electrons. The van der Waals surface area contributed by atoms with Gasteiger partial charge in [-0.05, 0) is 14.0 Å². The van der Waals surface area contributed by atoms with Gasteiger partial charge in [0.05, 0.1) is 24.8 Å². The number of hydrogen-bond donors (Lipinski definition) is 3. The number of likely N-dealkylation sites (tertiary alicyclic amines) is 1. The monoisotopic (exact) mass is 283 g/mol. The first-order valence-corrected chi connectivity index (χ1v) is 6.44. The summed E-state index contributed by atoms with van der Waals surface area (Å²) in [6.45, 7) is 1.50. The highest BCUT2D eigenvalue weighted by molar-refractivity contribution is 5.11. The predicted octanol–water partition coefficient (Wildman–Crippen LogP) is -2.22. The number of hydrogen-bond acceptors (Lipinski definition) is 6. The first-order chi connectivity index (χ1) is 9.45. The van der Waals surface area contributed by atoms with Gasteiger partial charge >= 0.3 is 5.69 Å². The molecule has 0 amide bonds. The van der Waals surface area contributed by atoms with E-state index in [4.69, 9.17) is 4.74 Å². The van der Waals surface area contributed by atoms with Gasteiger partial charge in [-0.25, -0.2) is 4.79 Å². The van der Waals surface area contributed by atoms with Crippen LogP contribution in [-0.2, 0) is 4.74 Å². The number of ether oxygens (including phenoxy) is 1. The molecule has 8 nitrogen and oxygen atoms in total. The zero-order valence-corrected chi connectivity index (χ0v) is 11.2. The summed E-state index contributed by atoms with van der Waals surface area (Å²) < 4.78 is 6.89. The molecule has 3 N–H and O–H groups in total. The molecule has 0 aliphatic carbocycles. The maximum atomic E-state index is 11.8. The Labute approximate surface area is 114 Å². The number of fused-ring (bicyclic) bond motifs is 1. The molecule has 0 bridgehead atoms. The first kappa shape index (κ1) is 13.5. The lowest BCUT2D eigenvalue weighted by Crippen LogP contribution is -2.68. The molecule has 0 saturated carbocycles. The van der Waals surface area contributed by atoms with E-state index in [1.54, 1.807) is 14.0 Å². The maximum Gasteiger partial charge on any atom is 0.330 e. The van der Waals surface area contributed by atoms with E-state index in [0.29, 0.717) is 5.56 Å². The third-order valence-electron chi connectivity index (χ3n) is 4.25. The molecule has 0 spiro atoms. The van der Waals surface area contributed by atoms with Gasteiger partial charge in [0.15, 0.2) is 6.23 Å². The zero-order chi connectivity index (χ0) is 14.6. The second kappa shape index (κ2) is 4.52. The van der Waals surface area contributed by atoms with E-state index in [-0.39, 0.29) is 24.8 Å². The molecule has 110 valence electrons.